The average Bonchev–Trinajstić information content (AvgIpc) is 2.99. The highest BCUT2D eigenvalue weighted by Crippen LogP contribution is 2.21. The second-order valence-corrected chi connectivity index (χ2v) is 4.71. The van der Waals surface area contributed by atoms with E-state index < -0.39 is 0 Å². The number of hydrogen-bond acceptors (Lipinski definition) is 4. The zero-order valence-corrected chi connectivity index (χ0v) is 10.7. The number of nitrogens with zero attached hydrogens (tertiary/aromatic N) is 4. The van der Waals surface area contributed by atoms with Gasteiger partial charge in [0.2, 0.25) is 5.95 Å². The summed E-state index contributed by atoms with van der Waals surface area (Å²) in [6, 6.07) is 0. The molecule has 0 aromatic carbocycles. The molecule has 2 aromatic heterocycles. The molecule has 0 saturated carbocycles. The minimum atomic E-state index is -0.200. The third-order valence-electron chi connectivity index (χ3n) is 3.59. The van der Waals surface area contributed by atoms with Crippen molar-refractivity contribution in [1.82, 2.24) is 19.6 Å². The van der Waals surface area contributed by atoms with Gasteiger partial charge in [-0.15, -0.1) is 0 Å². The van der Waals surface area contributed by atoms with Crippen LogP contribution in [0.3, 0.4) is 0 Å². The van der Waals surface area contributed by atoms with Gasteiger partial charge in [-0.1, -0.05) is 6.92 Å². The summed E-state index contributed by atoms with van der Waals surface area (Å²) in [6.07, 6.45) is 3.14. The van der Waals surface area contributed by atoms with Crippen LogP contribution in [0.25, 0.3) is 5.65 Å². The molecule has 3 rings (SSSR count). The predicted octanol–water partition coefficient (Wildman–Crippen LogP) is 0.889. The number of aromatic nitrogens is 4. The van der Waals surface area contributed by atoms with Crippen molar-refractivity contribution < 1.29 is 0 Å². The van der Waals surface area contributed by atoms with Crippen molar-refractivity contribution in [1.29, 1.82) is 0 Å². The first-order valence-electron chi connectivity index (χ1n) is 6.44. The maximum Gasteiger partial charge on any atom is 0.350 e. The fourth-order valence-corrected chi connectivity index (χ4v) is 2.66. The second-order valence-electron chi connectivity index (χ2n) is 4.71. The van der Waals surface area contributed by atoms with Gasteiger partial charge >= 0.3 is 5.69 Å². The van der Waals surface area contributed by atoms with E-state index in [2.05, 4.69) is 27.0 Å². The molecular weight excluding hydrogens is 230 g/mol. The van der Waals surface area contributed by atoms with Gasteiger partial charge in [0.15, 0.2) is 5.65 Å². The molecular formula is C12H17N5O. The van der Waals surface area contributed by atoms with E-state index in [4.69, 9.17) is 0 Å². The molecule has 18 heavy (non-hydrogen) atoms. The molecule has 0 aliphatic carbocycles. The van der Waals surface area contributed by atoms with Crippen molar-refractivity contribution in [3.8, 4) is 0 Å². The van der Waals surface area contributed by atoms with Gasteiger partial charge in [-0.05, 0) is 26.2 Å². The first-order valence-corrected chi connectivity index (χ1v) is 6.44. The molecule has 1 fully saturated rings. The largest absolute Gasteiger partial charge is 0.350 e. The van der Waals surface area contributed by atoms with Crippen molar-refractivity contribution in [2.45, 2.75) is 33.1 Å². The molecule has 2 aromatic rings. The summed E-state index contributed by atoms with van der Waals surface area (Å²) >= 11 is 0. The maximum absolute atomic E-state index is 11.9. The fourth-order valence-electron chi connectivity index (χ4n) is 2.66. The lowest BCUT2D eigenvalue weighted by Gasteiger charge is -2.18. The normalized spacial score (nSPS) is 15.8. The van der Waals surface area contributed by atoms with Gasteiger partial charge in [-0.25, -0.2) is 19.3 Å². The first kappa shape index (κ1) is 11.3. The SMILES string of the molecule is CCc1c(C)nc(N2CCCC2)n2c(=O)[nH]nc12. The monoisotopic (exact) mass is 247 g/mol. The number of anilines is 1. The van der Waals surface area contributed by atoms with Crippen LogP contribution in [-0.4, -0.2) is 32.7 Å². The van der Waals surface area contributed by atoms with E-state index in [1.54, 1.807) is 4.40 Å². The molecule has 1 aliphatic heterocycles. The van der Waals surface area contributed by atoms with Gasteiger partial charge in [-0.3, -0.25) is 0 Å². The van der Waals surface area contributed by atoms with Crippen LogP contribution in [0.15, 0.2) is 4.79 Å². The summed E-state index contributed by atoms with van der Waals surface area (Å²) in [6.45, 7) is 5.96. The summed E-state index contributed by atoms with van der Waals surface area (Å²) in [4.78, 5) is 18.7. The third-order valence-corrected chi connectivity index (χ3v) is 3.59. The van der Waals surface area contributed by atoms with E-state index >= 15 is 0 Å². The van der Waals surface area contributed by atoms with E-state index in [-0.39, 0.29) is 5.69 Å². The number of hydrogen-bond donors (Lipinski definition) is 1. The number of aromatic amines is 1. The quantitative estimate of drug-likeness (QED) is 0.855. The summed E-state index contributed by atoms with van der Waals surface area (Å²) in [7, 11) is 0. The van der Waals surface area contributed by atoms with Gasteiger partial charge < -0.3 is 4.90 Å². The third kappa shape index (κ3) is 1.52. The van der Waals surface area contributed by atoms with Crippen LogP contribution in [0.4, 0.5) is 5.95 Å². The summed E-state index contributed by atoms with van der Waals surface area (Å²) in [5.41, 5.74) is 2.52. The predicted molar refractivity (Wildman–Crippen MR) is 69.2 cm³/mol. The van der Waals surface area contributed by atoms with Crippen molar-refractivity contribution in [3.63, 3.8) is 0 Å². The van der Waals surface area contributed by atoms with Crippen molar-refractivity contribution in [3.05, 3.63) is 21.7 Å². The van der Waals surface area contributed by atoms with Gasteiger partial charge in [0.05, 0.1) is 0 Å². The van der Waals surface area contributed by atoms with E-state index in [9.17, 15) is 4.79 Å². The molecule has 1 saturated heterocycles. The van der Waals surface area contributed by atoms with Gasteiger partial charge in [0.1, 0.15) is 0 Å². The van der Waals surface area contributed by atoms with E-state index in [1.165, 1.54) is 0 Å². The molecule has 96 valence electrons. The highest BCUT2D eigenvalue weighted by atomic mass is 16.1. The number of nitrogens with one attached hydrogen (secondary N) is 1. The molecule has 6 nitrogen and oxygen atoms in total. The minimum Gasteiger partial charge on any atom is -0.342 e. The molecule has 3 heterocycles. The van der Waals surface area contributed by atoms with Crippen LogP contribution in [-0.2, 0) is 6.42 Å². The van der Waals surface area contributed by atoms with Crippen LogP contribution >= 0.6 is 0 Å². The lowest BCUT2D eigenvalue weighted by Crippen LogP contribution is -2.26. The van der Waals surface area contributed by atoms with Crippen molar-refractivity contribution in [2.24, 2.45) is 0 Å². The number of rotatable bonds is 2. The maximum atomic E-state index is 11.9. The smallest absolute Gasteiger partial charge is 0.342 e. The van der Waals surface area contributed by atoms with E-state index in [0.29, 0.717) is 0 Å². The Morgan fingerprint density at radius 3 is 2.72 bits per heavy atom. The van der Waals surface area contributed by atoms with Crippen LogP contribution in [0.2, 0.25) is 0 Å². The molecule has 1 aliphatic rings. The molecule has 0 amide bonds. The molecule has 0 spiro atoms. The van der Waals surface area contributed by atoms with Gasteiger partial charge in [-0.2, -0.15) is 5.10 Å². The van der Waals surface area contributed by atoms with Crippen molar-refractivity contribution >= 4 is 11.6 Å². The zero-order chi connectivity index (χ0) is 12.7. The molecule has 0 bridgehead atoms. The Labute approximate surface area is 105 Å². The average molecular weight is 247 g/mol. The Morgan fingerprint density at radius 2 is 2.06 bits per heavy atom. The van der Waals surface area contributed by atoms with Crippen LogP contribution in [0.5, 0.6) is 0 Å². The minimum absolute atomic E-state index is 0.200. The Morgan fingerprint density at radius 1 is 1.33 bits per heavy atom. The van der Waals surface area contributed by atoms with Gasteiger partial charge in [0, 0.05) is 24.3 Å². The fraction of sp³-hybridized carbons (Fsp3) is 0.583. The van der Waals surface area contributed by atoms with Crippen LogP contribution in [0, 0.1) is 6.92 Å². The summed E-state index contributed by atoms with van der Waals surface area (Å²) in [5.74, 6) is 0.732. The van der Waals surface area contributed by atoms with E-state index in [1.807, 2.05) is 6.92 Å². The Kier molecular flexibility index (Phi) is 2.57. The highest BCUT2D eigenvalue weighted by Gasteiger charge is 2.21. The lowest BCUT2D eigenvalue weighted by atomic mass is 10.2. The molecule has 1 N–H and O–H groups in total. The zero-order valence-electron chi connectivity index (χ0n) is 10.7. The molecule has 0 atom stereocenters. The number of H-pyrrole nitrogens is 1. The topological polar surface area (TPSA) is 66.3 Å². The summed E-state index contributed by atoms with van der Waals surface area (Å²) < 4.78 is 1.61. The van der Waals surface area contributed by atoms with Crippen LogP contribution < -0.4 is 10.6 Å². The Hall–Kier alpha value is -1.85. The lowest BCUT2D eigenvalue weighted by molar-refractivity contribution is 0.843. The molecule has 0 radical (unpaired) electrons. The molecule has 0 unspecified atom stereocenters. The Bertz CT molecular complexity index is 636. The number of aryl methyl sites for hydroxylation is 2. The molecule has 6 heteroatoms. The summed E-state index contributed by atoms with van der Waals surface area (Å²) in [5, 5.41) is 6.67. The highest BCUT2D eigenvalue weighted by molar-refractivity contribution is 5.54. The number of fused-ring (bicyclic) bond motifs is 1. The first-order chi connectivity index (χ1) is 8.72. The second kappa shape index (κ2) is 4.12. The van der Waals surface area contributed by atoms with Gasteiger partial charge in [0.25, 0.3) is 0 Å². The van der Waals surface area contributed by atoms with Crippen molar-refractivity contribution in [2.75, 3.05) is 18.0 Å². The van der Waals surface area contributed by atoms with Crippen LogP contribution in [0.1, 0.15) is 31.0 Å². The Balaban J connectivity index is 2.31. The standard InChI is InChI=1S/C12H17N5O/c1-3-9-8(2)13-11(16-6-4-5-7-16)17-10(9)14-15-12(17)18/h3-7H2,1-2H3,(H,15,18). The van der Waals surface area contributed by atoms with E-state index in [0.717, 1.165) is 55.2 Å².